The number of anilines is 1. The maximum Gasteiger partial charge on any atom is 0.185 e. The highest BCUT2D eigenvalue weighted by Gasteiger charge is 2.36. The van der Waals surface area contributed by atoms with Gasteiger partial charge in [0.1, 0.15) is 0 Å². The first-order chi connectivity index (χ1) is 7.88. The average Bonchev–Trinajstić information content (AvgIpc) is 2.94. The predicted octanol–water partition coefficient (Wildman–Crippen LogP) is 2.37. The molecule has 1 saturated heterocycles. The van der Waals surface area contributed by atoms with Crippen molar-refractivity contribution in [2.75, 3.05) is 11.4 Å². The second kappa shape index (κ2) is 4.34. The summed E-state index contributed by atoms with van der Waals surface area (Å²) in [6.45, 7) is 1.77. The zero-order valence-electron chi connectivity index (χ0n) is 9.56. The lowest BCUT2D eigenvalue weighted by Gasteiger charge is -2.31. The van der Waals surface area contributed by atoms with Crippen LogP contribution in [0.5, 0.6) is 0 Å². The van der Waals surface area contributed by atoms with Crippen LogP contribution in [0.2, 0.25) is 0 Å². The van der Waals surface area contributed by atoms with Crippen LogP contribution < -0.4 is 10.6 Å². The molecule has 1 aliphatic carbocycles. The van der Waals surface area contributed by atoms with E-state index in [1.54, 1.807) is 11.3 Å². The molecule has 1 aromatic heterocycles. The van der Waals surface area contributed by atoms with E-state index in [2.05, 4.69) is 15.3 Å². The number of hydrogen-bond acceptors (Lipinski definition) is 4. The first-order valence-electron chi connectivity index (χ1n) is 6.29. The fraction of sp³-hybridized carbons (Fsp3) is 0.750. The van der Waals surface area contributed by atoms with E-state index in [0.717, 1.165) is 17.7 Å². The van der Waals surface area contributed by atoms with E-state index in [9.17, 15) is 0 Å². The third-order valence-corrected chi connectivity index (χ3v) is 4.93. The summed E-state index contributed by atoms with van der Waals surface area (Å²) >= 11 is 1.76. The maximum absolute atomic E-state index is 5.62. The summed E-state index contributed by atoms with van der Waals surface area (Å²) in [5, 5.41) is 3.31. The lowest BCUT2D eigenvalue weighted by Crippen LogP contribution is -2.34. The van der Waals surface area contributed by atoms with Crippen molar-refractivity contribution >= 4 is 16.5 Å². The van der Waals surface area contributed by atoms with Crippen molar-refractivity contribution in [3.05, 3.63) is 11.1 Å². The van der Waals surface area contributed by atoms with Crippen molar-refractivity contribution in [2.24, 2.45) is 11.7 Å². The van der Waals surface area contributed by atoms with E-state index in [-0.39, 0.29) is 0 Å². The zero-order valence-corrected chi connectivity index (χ0v) is 10.4. The van der Waals surface area contributed by atoms with E-state index in [0.29, 0.717) is 6.54 Å². The summed E-state index contributed by atoms with van der Waals surface area (Å²) < 4.78 is 0. The molecule has 2 unspecified atom stereocenters. The Morgan fingerprint density at radius 2 is 2.25 bits per heavy atom. The summed E-state index contributed by atoms with van der Waals surface area (Å²) in [7, 11) is 0. The van der Waals surface area contributed by atoms with Crippen LogP contribution in [0, 0.1) is 5.92 Å². The van der Waals surface area contributed by atoms with E-state index in [1.165, 1.54) is 43.8 Å². The van der Waals surface area contributed by atoms with Crippen LogP contribution in [-0.4, -0.2) is 17.6 Å². The molecule has 88 valence electrons. The van der Waals surface area contributed by atoms with Crippen LogP contribution in [-0.2, 0) is 6.54 Å². The lowest BCUT2D eigenvalue weighted by atomic mass is 9.85. The average molecular weight is 237 g/mol. The van der Waals surface area contributed by atoms with Gasteiger partial charge < -0.3 is 10.6 Å². The number of hydrogen-bond donors (Lipinski definition) is 1. The van der Waals surface area contributed by atoms with Crippen molar-refractivity contribution in [1.29, 1.82) is 0 Å². The number of aromatic nitrogens is 1. The van der Waals surface area contributed by atoms with Crippen LogP contribution in [0.25, 0.3) is 0 Å². The van der Waals surface area contributed by atoms with Crippen molar-refractivity contribution in [2.45, 2.75) is 44.7 Å². The second-order valence-electron chi connectivity index (χ2n) is 4.92. The van der Waals surface area contributed by atoms with Gasteiger partial charge >= 0.3 is 0 Å². The Labute approximate surface area is 101 Å². The normalized spacial score (nSPS) is 29.4. The van der Waals surface area contributed by atoms with E-state index >= 15 is 0 Å². The van der Waals surface area contributed by atoms with E-state index in [4.69, 9.17) is 5.73 Å². The van der Waals surface area contributed by atoms with Crippen molar-refractivity contribution in [1.82, 2.24) is 4.98 Å². The minimum absolute atomic E-state index is 0.568. The van der Waals surface area contributed by atoms with Gasteiger partial charge in [0.2, 0.25) is 0 Å². The number of rotatable bonds is 2. The molecule has 2 aliphatic rings. The molecule has 0 spiro atoms. The molecule has 3 rings (SSSR count). The molecule has 1 saturated carbocycles. The first-order valence-corrected chi connectivity index (χ1v) is 7.17. The molecular weight excluding hydrogens is 218 g/mol. The highest BCUT2D eigenvalue weighted by atomic mass is 32.1. The monoisotopic (exact) mass is 237 g/mol. The molecule has 1 aliphatic heterocycles. The number of thiazole rings is 1. The molecule has 2 fully saturated rings. The van der Waals surface area contributed by atoms with Crippen LogP contribution >= 0.6 is 11.3 Å². The molecule has 0 amide bonds. The molecule has 2 atom stereocenters. The van der Waals surface area contributed by atoms with Gasteiger partial charge in [0.25, 0.3) is 0 Å². The standard InChI is InChI=1S/C12H19N3S/c13-7-10-8-16-12(14-10)15-6-5-9-3-1-2-4-11(9)15/h8-9,11H,1-7,13H2. The summed E-state index contributed by atoms with van der Waals surface area (Å²) in [6.07, 6.45) is 6.98. The largest absolute Gasteiger partial charge is 0.345 e. The molecule has 3 nitrogen and oxygen atoms in total. The molecule has 0 aromatic carbocycles. The molecule has 4 heteroatoms. The van der Waals surface area contributed by atoms with Crippen LogP contribution in [0.4, 0.5) is 5.13 Å². The Morgan fingerprint density at radius 1 is 1.38 bits per heavy atom. The smallest absolute Gasteiger partial charge is 0.185 e. The topological polar surface area (TPSA) is 42.1 Å². The van der Waals surface area contributed by atoms with Gasteiger partial charge in [-0.3, -0.25) is 0 Å². The Kier molecular flexibility index (Phi) is 2.86. The van der Waals surface area contributed by atoms with Crippen molar-refractivity contribution < 1.29 is 0 Å². The molecule has 2 heterocycles. The summed E-state index contributed by atoms with van der Waals surface area (Å²) in [4.78, 5) is 7.16. The predicted molar refractivity (Wildman–Crippen MR) is 67.7 cm³/mol. The Balaban J connectivity index is 1.79. The molecule has 0 radical (unpaired) electrons. The Morgan fingerprint density at radius 3 is 3.06 bits per heavy atom. The fourth-order valence-corrected chi connectivity index (χ4v) is 4.09. The Bertz CT molecular complexity index is 363. The quantitative estimate of drug-likeness (QED) is 0.858. The van der Waals surface area contributed by atoms with E-state index < -0.39 is 0 Å². The number of nitrogens with two attached hydrogens (primary N) is 1. The summed E-state index contributed by atoms with van der Waals surface area (Å²) in [5.41, 5.74) is 6.66. The minimum Gasteiger partial charge on any atom is -0.345 e. The fourth-order valence-electron chi connectivity index (χ4n) is 3.17. The molecule has 2 N–H and O–H groups in total. The van der Waals surface area contributed by atoms with Crippen LogP contribution in [0.15, 0.2) is 5.38 Å². The molecule has 1 aromatic rings. The molecule has 16 heavy (non-hydrogen) atoms. The van der Waals surface area contributed by atoms with Crippen LogP contribution in [0.1, 0.15) is 37.8 Å². The zero-order chi connectivity index (χ0) is 11.0. The van der Waals surface area contributed by atoms with Gasteiger partial charge in [-0.2, -0.15) is 0 Å². The van der Waals surface area contributed by atoms with Gasteiger partial charge in [-0.25, -0.2) is 4.98 Å². The first kappa shape index (κ1) is 10.5. The third kappa shape index (κ3) is 1.74. The Hall–Kier alpha value is -0.610. The van der Waals surface area contributed by atoms with Gasteiger partial charge in [0, 0.05) is 24.5 Å². The lowest BCUT2D eigenvalue weighted by molar-refractivity contribution is 0.342. The molecular formula is C12H19N3S. The van der Waals surface area contributed by atoms with Crippen molar-refractivity contribution in [3.8, 4) is 0 Å². The second-order valence-corrected chi connectivity index (χ2v) is 5.76. The van der Waals surface area contributed by atoms with Crippen molar-refractivity contribution in [3.63, 3.8) is 0 Å². The SMILES string of the molecule is NCc1csc(N2CCC3CCCCC32)n1. The summed E-state index contributed by atoms with van der Waals surface area (Å²) in [6, 6.07) is 0.769. The minimum atomic E-state index is 0.568. The van der Waals surface area contributed by atoms with Gasteiger partial charge in [-0.1, -0.05) is 12.8 Å². The van der Waals surface area contributed by atoms with Gasteiger partial charge in [-0.15, -0.1) is 11.3 Å². The van der Waals surface area contributed by atoms with Crippen LogP contribution in [0.3, 0.4) is 0 Å². The third-order valence-electron chi connectivity index (χ3n) is 4.00. The van der Waals surface area contributed by atoms with E-state index in [1.807, 2.05) is 0 Å². The number of nitrogens with zero attached hydrogens (tertiary/aromatic N) is 2. The molecule has 0 bridgehead atoms. The number of fused-ring (bicyclic) bond motifs is 1. The van der Waals surface area contributed by atoms with Gasteiger partial charge in [0.05, 0.1) is 5.69 Å². The van der Waals surface area contributed by atoms with Gasteiger partial charge in [-0.05, 0) is 25.2 Å². The maximum atomic E-state index is 5.62. The highest BCUT2D eigenvalue weighted by Crippen LogP contribution is 2.39. The van der Waals surface area contributed by atoms with Gasteiger partial charge in [0.15, 0.2) is 5.13 Å². The summed E-state index contributed by atoms with van der Waals surface area (Å²) in [5.74, 6) is 0.930. The highest BCUT2D eigenvalue weighted by molar-refractivity contribution is 7.13.